The molecule has 0 radical (unpaired) electrons. The van der Waals surface area contributed by atoms with Gasteiger partial charge in [-0.05, 0) is 55.7 Å². The molecule has 30 heavy (non-hydrogen) atoms. The average Bonchev–Trinajstić information content (AvgIpc) is 3.27. The molecule has 6 nitrogen and oxygen atoms in total. The number of carbonyl (C=O) groups is 1. The van der Waals surface area contributed by atoms with Gasteiger partial charge in [0.05, 0.1) is 0 Å². The number of amides is 1. The van der Waals surface area contributed by atoms with E-state index in [0.29, 0.717) is 18.4 Å². The largest absolute Gasteiger partial charge is 0.356 e. The highest BCUT2D eigenvalue weighted by molar-refractivity contribution is 5.75. The Morgan fingerprint density at radius 1 is 1.17 bits per heavy atom. The predicted molar refractivity (Wildman–Crippen MR) is 119 cm³/mol. The van der Waals surface area contributed by atoms with E-state index >= 15 is 0 Å². The zero-order chi connectivity index (χ0) is 20.6. The Labute approximate surface area is 180 Å². The van der Waals surface area contributed by atoms with E-state index < -0.39 is 0 Å². The van der Waals surface area contributed by atoms with Crippen molar-refractivity contribution in [2.24, 2.45) is 11.8 Å². The molecule has 1 amide bonds. The summed E-state index contributed by atoms with van der Waals surface area (Å²) in [6.45, 7) is 6.11. The van der Waals surface area contributed by atoms with Gasteiger partial charge in [0.25, 0.3) is 0 Å². The van der Waals surface area contributed by atoms with Crippen LogP contribution in [-0.2, 0) is 17.9 Å². The van der Waals surface area contributed by atoms with Gasteiger partial charge >= 0.3 is 0 Å². The van der Waals surface area contributed by atoms with Gasteiger partial charge in [-0.1, -0.05) is 30.3 Å². The summed E-state index contributed by atoms with van der Waals surface area (Å²) in [5, 5.41) is 11.0. The summed E-state index contributed by atoms with van der Waals surface area (Å²) in [6, 6.07) is 13.3. The quantitative estimate of drug-likeness (QED) is 0.592. The Hall–Kier alpha value is -2.18. The van der Waals surface area contributed by atoms with Gasteiger partial charge in [-0.3, -0.25) is 14.4 Å². The summed E-state index contributed by atoms with van der Waals surface area (Å²) in [4.78, 5) is 14.8. The molecule has 2 saturated heterocycles. The molecule has 1 aromatic heterocycles. The number of hydrogen-bond donors (Lipinski definition) is 2. The number of rotatable bonds is 10. The van der Waals surface area contributed by atoms with Gasteiger partial charge < -0.3 is 10.6 Å². The highest BCUT2D eigenvalue weighted by Crippen LogP contribution is 2.31. The van der Waals surface area contributed by atoms with Gasteiger partial charge in [-0.2, -0.15) is 5.10 Å². The number of hydrogen-bond acceptors (Lipinski definition) is 4. The van der Waals surface area contributed by atoms with Crippen molar-refractivity contribution in [1.82, 2.24) is 25.3 Å². The highest BCUT2D eigenvalue weighted by atomic mass is 16.1. The van der Waals surface area contributed by atoms with Crippen molar-refractivity contribution in [3.63, 3.8) is 0 Å². The minimum absolute atomic E-state index is 0.179. The maximum absolute atomic E-state index is 12.2. The van der Waals surface area contributed by atoms with Crippen LogP contribution >= 0.6 is 0 Å². The van der Waals surface area contributed by atoms with Gasteiger partial charge in [0.1, 0.15) is 0 Å². The van der Waals surface area contributed by atoms with Crippen LogP contribution in [-0.4, -0.2) is 52.8 Å². The number of carbonyl (C=O) groups excluding carboxylic acids is 1. The van der Waals surface area contributed by atoms with Crippen LogP contribution in [0.5, 0.6) is 0 Å². The molecule has 2 aliphatic rings. The Morgan fingerprint density at radius 2 is 2.07 bits per heavy atom. The molecule has 2 bridgehead atoms. The van der Waals surface area contributed by atoms with E-state index in [1.54, 1.807) is 6.20 Å². The van der Waals surface area contributed by atoms with E-state index in [2.05, 4.69) is 51.0 Å². The number of aromatic nitrogens is 2. The fraction of sp³-hybridized carbons (Fsp3) is 0.583. The number of nitrogens with one attached hydrogen (secondary N) is 2. The Bertz CT molecular complexity index is 763. The van der Waals surface area contributed by atoms with Crippen LogP contribution < -0.4 is 10.6 Å². The van der Waals surface area contributed by atoms with E-state index in [-0.39, 0.29) is 5.91 Å². The number of piperidine rings is 2. The molecule has 2 N–H and O–H groups in total. The lowest BCUT2D eigenvalue weighted by Crippen LogP contribution is -2.55. The topological polar surface area (TPSA) is 62.2 Å². The zero-order valence-electron chi connectivity index (χ0n) is 17.9. The zero-order valence-corrected chi connectivity index (χ0v) is 17.9. The van der Waals surface area contributed by atoms with Crippen molar-refractivity contribution in [1.29, 1.82) is 0 Å². The van der Waals surface area contributed by atoms with Crippen LogP contribution in [0.25, 0.3) is 0 Å². The molecule has 3 atom stereocenters. The molecule has 2 aliphatic heterocycles. The van der Waals surface area contributed by atoms with Crippen molar-refractivity contribution < 1.29 is 4.79 Å². The van der Waals surface area contributed by atoms with E-state index in [4.69, 9.17) is 0 Å². The molecule has 0 saturated carbocycles. The lowest BCUT2D eigenvalue weighted by atomic mass is 9.79. The number of likely N-dealkylation sites (tertiary alicyclic amines) is 1. The number of benzene rings is 1. The number of aryl methyl sites for hydroxylation is 1. The van der Waals surface area contributed by atoms with Gasteiger partial charge in [0, 0.05) is 57.6 Å². The van der Waals surface area contributed by atoms with Crippen molar-refractivity contribution in [3.05, 3.63) is 54.4 Å². The standard InChI is InChI=1S/C24H35N5O/c30-24(25-11-5-13-29-14-6-12-27-29)10-4-9-23-22-15-21(16-26-23)18-28(19-22)17-20-7-2-1-3-8-20/h1-3,6-8,12,14,21-23,26H,4-5,9-11,13,15-19H2,(H,25,30)/t21-,22-,23+/m0/s1. The fourth-order valence-corrected chi connectivity index (χ4v) is 5.05. The van der Waals surface area contributed by atoms with E-state index in [9.17, 15) is 4.79 Å². The van der Waals surface area contributed by atoms with Crippen molar-refractivity contribution >= 4 is 5.91 Å². The van der Waals surface area contributed by atoms with Crippen LogP contribution in [0.1, 0.15) is 37.7 Å². The second-order valence-electron chi connectivity index (χ2n) is 8.92. The molecule has 0 unspecified atom stereocenters. The third-order valence-electron chi connectivity index (χ3n) is 6.50. The molecule has 0 spiro atoms. The summed E-state index contributed by atoms with van der Waals surface area (Å²) in [5.41, 5.74) is 1.41. The first kappa shape index (κ1) is 21.1. The molecule has 6 heteroatoms. The lowest BCUT2D eigenvalue weighted by molar-refractivity contribution is -0.121. The summed E-state index contributed by atoms with van der Waals surface area (Å²) < 4.78 is 1.90. The SMILES string of the molecule is O=C(CCC[C@H]1NC[C@@H]2C[C@H]1CN(Cc1ccccc1)C2)NCCCn1cccn1. The lowest BCUT2D eigenvalue weighted by Gasteiger charge is -2.46. The van der Waals surface area contributed by atoms with E-state index in [1.807, 2.05) is 16.9 Å². The average molecular weight is 410 g/mol. The smallest absolute Gasteiger partial charge is 0.219 e. The Morgan fingerprint density at radius 3 is 2.90 bits per heavy atom. The fourth-order valence-electron chi connectivity index (χ4n) is 5.05. The number of nitrogens with zero attached hydrogens (tertiary/aromatic N) is 3. The second-order valence-corrected chi connectivity index (χ2v) is 8.92. The molecule has 162 valence electrons. The van der Waals surface area contributed by atoms with E-state index in [1.165, 1.54) is 25.1 Å². The minimum atomic E-state index is 0.179. The maximum atomic E-state index is 12.2. The third-order valence-corrected chi connectivity index (χ3v) is 6.50. The molecular formula is C24H35N5O. The Balaban J connectivity index is 1.14. The molecule has 2 aromatic rings. The molecule has 3 heterocycles. The third kappa shape index (κ3) is 6.16. The van der Waals surface area contributed by atoms with Crippen LogP contribution in [0.15, 0.2) is 48.8 Å². The monoisotopic (exact) mass is 409 g/mol. The van der Waals surface area contributed by atoms with Crippen molar-refractivity contribution in [2.75, 3.05) is 26.2 Å². The molecule has 2 fully saturated rings. The van der Waals surface area contributed by atoms with Crippen LogP contribution in [0.4, 0.5) is 0 Å². The van der Waals surface area contributed by atoms with E-state index in [0.717, 1.165) is 51.4 Å². The highest BCUT2D eigenvalue weighted by Gasteiger charge is 2.35. The number of fused-ring (bicyclic) bond motifs is 2. The first-order valence-electron chi connectivity index (χ1n) is 11.5. The molecule has 1 aromatic carbocycles. The summed E-state index contributed by atoms with van der Waals surface area (Å²) >= 11 is 0. The van der Waals surface area contributed by atoms with Gasteiger partial charge in [-0.15, -0.1) is 0 Å². The van der Waals surface area contributed by atoms with Crippen molar-refractivity contribution in [2.45, 2.75) is 51.2 Å². The van der Waals surface area contributed by atoms with Crippen molar-refractivity contribution in [3.8, 4) is 0 Å². The molecular weight excluding hydrogens is 374 g/mol. The van der Waals surface area contributed by atoms with Gasteiger partial charge in [0.2, 0.25) is 5.91 Å². The predicted octanol–water partition coefficient (Wildman–Crippen LogP) is 2.67. The minimum Gasteiger partial charge on any atom is -0.356 e. The van der Waals surface area contributed by atoms with Crippen LogP contribution in [0.2, 0.25) is 0 Å². The normalized spacial score (nSPS) is 23.9. The summed E-state index contributed by atoms with van der Waals surface area (Å²) in [7, 11) is 0. The maximum Gasteiger partial charge on any atom is 0.219 e. The Kier molecular flexibility index (Phi) is 7.54. The molecule has 4 rings (SSSR count). The summed E-state index contributed by atoms with van der Waals surface area (Å²) in [5.74, 6) is 1.65. The van der Waals surface area contributed by atoms with Crippen LogP contribution in [0, 0.1) is 11.8 Å². The first-order chi connectivity index (χ1) is 14.8. The van der Waals surface area contributed by atoms with Crippen LogP contribution in [0.3, 0.4) is 0 Å². The second kappa shape index (κ2) is 10.7. The summed E-state index contributed by atoms with van der Waals surface area (Å²) in [6.07, 6.45) is 8.67. The van der Waals surface area contributed by atoms with Gasteiger partial charge in [0.15, 0.2) is 0 Å². The first-order valence-corrected chi connectivity index (χ1v) is 11.5. The van der Waals surface area contributed by atoms with Gasteiger partial charge in [-0.25, -0.2) is 0 Å². The molecule has 0 aliphatic carbocycles.